The Morgan fingerprint density at radius 2 is 2.29 bits per heavy atom. The molecule has 1 aliphatic rings. The van der Waals surface area contributed by atoms with E-state index in [0.717, 1.165) is 28.3 Å². The van der Waals surface area contributed by atoms with Crippen molar-refractivity contribution in [2.24, 2.45) is 7.05 Å². The van der Waals surface area contributed by atoms with E-state index in [-0.39, 0.29) is 17.2 Å². The van der Waals surface area contributed by atoms with Crippen LogP contribution in [-0.2, 0) is 18.3 Å². The summed E-state index contributed by atoms with van der Waals surface area (Å²) < 4.78 is 1.54. The van der Waals surface area contributed by atoms with Crippen LogP contribution in [0.1, 0.15) is 18.2 Å². The van der Waals surface area contributed by atoms with Crippen molar-refractivity contribution >= 4 is 35.1 Å². The summed E-state index contributed by atoms with van der Waals surface area (Å²) in [5.41, 5.74) is 2.71. The van der Waals surface area contributed by atoms with Gasteiger partial charge in [-0.1, -0.05) is 30.8 Å². The number of carbonyl (C=O) groups excluding carboxylic acids is 1. The van der Waals surface area contributed by atoms with Gasteiger partial charge in [0.25, 0.3) is 5.56 Å². The maximum absolute atomic E-state index is 12.4. The van der Waals surface area contributed by atoms with Crippen molar-refractivity contribution in [1.82, 2.24) is 9.55 Å². The highest BCUT2D eigenvalue weighted by molar-refractivity contribution is 8.00. The fourth-order valence-corrected chi connectivity index (χ4v) is 4.48. The predicted molar refractivity (Wildman–Crippen MR) is 99.0 cm³/mol. The molecule has 126 valence electrons. The lowest BCUT2D eigenvalue weighted by Gasteiger charge is -2.09. The summed E-state index contributed by atoms with van der Waals surface area (Å²) in [6, 6.07) is 7.67. The monoisotopic (exact) mass is 361 g/mol. The van der Waals surface area contributed by atoms with Gasteiger partial charge in [0, 0.05) is 24.4 Å². The minimum absolute atomic E-state index is 0.0176. The third-order valence-corrected chi connectivity index (χ3v) is 5.96. The van der Waals surface area contributed by atoms with Crippen LogP contribution < -0.4 is 10.9 Å². The summed E-state index contributed by atoms with van der Waals surface area (Å²) in [7, 11) is 1.71. The van der Waals surface area contributed by atoms with E-state index in [1.165, 1.54) is 16.3 Å². The Morgan fingerprint density at radius 1 is 1.50 bits per heavy atom. The van der Waals surface area contributed by atoms with Crippen molar-refractivity contribution < 1.29 is 4.79 Å². The highest BCUT2D eigenvalue weighted by Crippen LogP contribution is 2.33. The van der Waals surface area contributed by atoms with Gasteiger partial charge in [-0.15, -0.1) is 11.8 Å². The number of nitrogens with zero attached hydrogens (tertiary/aromatic N) is 2. The molecule has 7 heteroatoms. The molecule has 3 rings (SSSR count). The zero-order chi connectivity index (χ0) is 17.3. The molecule has 2 heterocycles. The fraction of sp³-hybridized carbons (Fsp3) is 0.353. The second kappa shape index (κ2) is 7.03. The van der Waals surface area contributed by atoms with Crippen LogP contribution in [0.4, 0.5) is 5.69 Å². The maximum atomic E-state index is 12.4. The van der Waals surface area contributed by atoms with Crippen LogP contribution in [-0.4, -0.2) is 26.5 Å². The van der Waals surface area contributed by atoms with E-state index < -0.39 is 0 Å². The van der Waals surface area contributed by atoms with Crippen molar-refractivity contribution in [1.29, 1.82) is 0 Å². The minimum Gasteiger partial charge on any atom is -0.325 e. The molecule has 1 amide bonds. The van der Waals surface area contributed by atoms with Crippen molar-refractivity contribution in [3.05, 3.63) is 45.9 Å². The molecule has 1 aromatic carbocycles. The SMILES string of the molecule is Cc1cccc(NC(=O)CSc2nc3c(c(=O)n2C)S[C@@H](C)C3)c1. The number of amides is 1. The summed E-state index contributed by atoms with van der Waals surface area (Å²) in [5.74, 6) is 0.110. The first-order chi connectivity index (χ1) is 11.4. The average Bonchev–Trinajstić information content (AvgIpc) is 2.90. The normalized spacial score (nSPS) is 16.0. The molecule has 0 saturated carbocycles. The number of carbonyl (C=O) groups is 1. The summed E-state index contributed by atoms with van der Waals surface area (Å²) in [5, 5.41) is 3.84. The van der Waals surface area contributed by atoms with Gasteiger partial charge < -0.3 is 5.32 Å². The summed E-state index contributed by atoms with van der Waals surface area (Å²) >= 11 is 2.87. The lowest BCUT2D eigenvalue weighted by atomic mass is 10.2. The van der Waals surface area contributed by atoms with Crippen LogP contribution in [0.15, 0.2) is 39.1 Å². The quantitative estimate of drug-likeness (QED) is 0.670. The molecule has 0 saturated heterocycles. The minimum atomic E-state index is -0.108. The topological polar surface area (TPSA) is 64.0 Å². The molecule has 0 unspecified atom stereocenters. The molecule has 1 N–H and O–H groups in total. The number of anilines is 1. The highest BCUT2D eigenvalue weighted by atomic mass is 32.2. The second-order valence-electron chi connectivity index (χ2n) is 5.87. The molecule has 1 aliphatic heterocycles. The largest absolute Gasteiger partial charge is 0.325 e. The van der Waals surface area contributed by atoms with Crippen molar-refractivity contribution in [2.75, 3.05) is 11.1 Å². The van der Waals surface area contributed by atoms with E-state index >= 15 is 0 Å². The number of hydrogen-bond donors (Lipinski definition) is 1. The Hall–Kier alpha value is -1.73. The number of rotatable bonds is 4. The van der Waals surface area contributed by atoms with E-state index in [4.69, 9.17) is 0 Å². The third-order valence-electron chi connectivity index (χ3n) is 3.71. The average molecular weight is 361 g/mol. The van der Waals surface area contributed by atoms with Crippen LogP contribution in [0.5, 0.6) is 0 Å². The van der Waals surface area contributed by atoms with Gasteiger partial charge in [0.05, 0.1) is 16.3 Å². The van der Waals surface area contributed by atoms with E-state index in [1.54, 1.807) is 18.8 Å². The van der Waals surface area contributed by atoms with Gasteiger partial charge in [0.1, 0.15) is 0 Å². The molecular formula is C17H19N3O2S2. The first-order valence-corrected chi connectivity index (χ1v) is 9.56. The van der Waals surface area contributed by atoms with Gasteiger partial charge in [-0.2, -0.15) is 0 Å². The zero-order valence-corrected chi connectivity index (χ0v) is 15.5. The molecule has 0 fully saturated rings. The van der Waals surface area contributed by atoms with Gasteiger partial charge in [0.15, 0.2) is 5.16 Å². The predicted octanol–water partition coefficient (Wildman–Crippen LogP) is 2.86. The number of hydrogen-bond acceptors (Lipinski definition) is 5. The van der Waals surface area contributed by atoms with Crippen molar-refractivity contribution in [3.8, 4) is 0 Å². The van der Waals surface area contributed by atoms with Gasteiger partial charge in [-0.05, 0) is 24.6 Å². The number of thioether (sulfide) groups is 2. The van der Waals surface area contributed by atoms with Crippen molar-refractivity contribution in [2.45, 2.75) is 35.6 Å². The summed E-state index contributed by atoms with van der Waals surface area (Å²) in [4.78, 5) is 29.8. The number of aryl methyl sites for hydroxylation is 1. The Labute approximate surface area is 149 Å². The van der Waals surface area contributed by atoms with Crippen LogP contribution in [0, 0.1) is 6.92 Å². The smallest absolute Gasteiger partial charge is 0.267 e. The van der Waals surface area contributed by atoms with E-state index in [0.29, 0.717) is 10.4 Å². The number of nitrogens with one attached hydrogen (secondary N) is 1. The third kappa shape index (κ3) is 3.67. The molecule has 0 bridgehead atoms. The highest BCUT2D eigenvalue weighted by Gasteiger charge is 2.25. The first-order valence-electron chi connectivity index (χ1n) is 7.70. The first kappa shape index (κ1) is 17.1. The van der Waals surface area contributed by atoms with Crippen LogP contribution in [0.3, 0.4) is 0 Å². The molecule has 1 atom stereocenters. The molecule has 24 heavy (non-hydrogen) atoms. The van der Waals surface area contributed by atoms with Gasteiger partial charge >= 0.3 is 0 Å². The van der Waals surface area contributed by atoms with Crippen molar-refractivity contribution in [3.63, 3.8) is 0 Å². The maximum Gasteiger partial charge on any atom is 0.267 e. The zero-order valence-electron chi connectivity index (χ0n) is 13.8. The van der Waals surface area contributed by atoms with Crippen LogP contribution in [0.2, 0.25) is 0 Å². The fourth-order valence-electron chi connectivity index (χ4n) is 2.55. The molecule has 1 aromatic heterocycles. The number of fused-ring (bicyclic) bond motifs is 1. The Bertz CT molecular complexity index is 848. The molecule has 0 aliphatic carbocycles. The van der Waals surface area contributed by atoms with E-state index in [9.17, 15) is 9.59 Å². The summed E-state index contributed by atoms with van der Waals surface area (Å²) in [6.07, 6.45) is 0.805. The Morgan fingerprint density at radius 3 is 3.04 bits per heavy atom. The standard InChI is InChI=1S/C17H19N3O2S2/c1-10-5-4-6-12(7-10)18-14(21)9-23-17-19-13-8-11(2)24-15(13)16(22)20(17)3/h4-7,11H,8-9H2,1-3H3,(H,18,21)/t11-/m0/s1. The van der Waals surface area contributed by atoms with Crippen LogP contribution >= 0.6 is 23.5 Å². The van der Waals surface area contributed by atoms with Gasteiger partial charge in [-0.3, -0.25) is 14.2 Å². The molecular weight excluding hydrogens is 342 g/mol. The van der Waals surface area contributed by atoms with Gasteiger partial charge in [-0.25, -0.2) is 4.98 Å². The van der Waals surface area contributed by atoms with Gasteiger partial charge in [0.2, 0.25) is 5.91 Å². The second-order valence-corrected chi connectivity index (χ2v) is 8.26. The van der Waals surface area contributed by atoms with Crippen LogP contribution in [0.25, 0.3) is 0 Å². The number of benzene rings is 1. The van der Waals surface area contributed by atoms with E-state index in [1.807, 2.05) is 31.2 Å². The Kier molecular flexibility index (Phi) is 5.01. The lowest BCUT2D eigenvalue weighted by molar-refractivity contribution is -0.113. The number of aromatic nitrogens is 2. The lowest BCUT2D eigenvalue weighted by Crippen LogP contribution is -2.23. The molecule has 0 spiro atoms. The molecule has 5 nitrogen and oxygen atoms in total. The molecule has 0 radical (unpaired) electrons. The van der Waals surface area contributed by atoms with E-state index in [2.05, 4.69) is 17.2 Å². The summed E-state index contributed by atoms with van der Waals surface area (Å²) in [6.45, 7) is 4.07. The molecule has 2 aromatic rings. The Balaban J connectivity index is 1.69.